The largest absolute Gasteiger partial charge is 0.482 e. The van der Waals surface area contributed by atoms with Gasteiger partial charge in [0.15, 0.2) is 11.7 Å². The van der Waals surface area contributed by atoms with E-state index in [0.29, 0.717) is 10.8 Å². The Bertz CT molecular complexity index is 692. The Hall–Kier alpha value is -1.90. The summed E-state index contributed by atoms with van der Waals surface area (Å²) in [6.45, 7) is -0.311. The topological polar surface area (TPSA) is 94.4 Å². The zero-order valence-corrected chi connectivity index (χ0v) is 12.5. The van der Waals surface area contributed by atoms with Gasteiger partial charge in [0.05, 0.1) is 9.95 Å². The van der Waals surface area contributed by atoms with Crippen LogP contribution >= 0.6 is 34.5 Å². The summed E-state index contributed by atoms with van der Waals surface area (Å²) in [6.07, 6.45) is 1.07. The molecule has 2 rings (SSSR count). The number of ether oxygens (including phenoxy) is 1. The van der Waals surface area contributed by atoms with E-state index in [2.05, 4.69) is 10.3 Å². The van der Waals surface area contributed by atoms with Crippen molar-refractivity contribution in [3.05, 3.63) is 44.6 Å². The van der Waals surface area contributed by atoms with Gasteiger partial charge in [0.1, 0.15) is 11.9 Å². The summed E-state index contributed by atoms with van der Waals surface area (Å²) >= 11 is 12.4. The summed E-state index contributed by atoms with van der Waals surface area (Å²) in [4.78, 5) is 25.2. The molecule has 10 heteroatoms. The SMILES string of the molecule is O=C(COc1ccc(Cl)cc1Cl)Nc1ncc([N+](=O)[O-])s1. The second kappa shape index (κ2) is 6.70. The van der Waals surface area contributed by atoms with Crippen molar-refractivity contribution in [1.82, 2.24) is 4.98 Å². The van der Waals surface area contributed by atoms with Gasteiger partial charge in [-0.2, -0.15) is 0 Å². The first kappa shape index (κ1) is 15.5. The Morgan fingerprint density at radius 2 is 2.24 bits per heavy atom. The standard InChI is InChI=1S/C11H7Cl2N3O4S/c12-6-1-2-8(7(13)3-6)20-5-9(17)15-11-14-4-10(21-11)16(18)19/h1-4H,5H2,(H,14,15,17). The Morgan fingerprint density at radius 1 is 1.48 bits per heavy atom. The van der Waals surface area contributed by atoms with Crippen LogP contribution in [0.5, 0.6) is 5.75 Å². The lowest BCUT2D eigenvalue weighted by atomic mass is 10.3. The van der Waals surface area contributed by atoms with Gasteiger partial charge >= 0.3 is 5.00 Å². The average Bonchev–Trinajstić information content (AvgIpc) is 2.86. The molecule has 0 aliphatic rings. The fourth-order valence-corrected chi connectivity index (χ4v) is 2.41. The molecule has 0 saturated carbocycles. The van der Waals surface area contributed by atoms with Gasteiger partial charge in [-0.05, 0) is 29.5 Å². The number of aromatic nitrogens is 1. The number of halogens is 2. The Morgan fingerprint density at radius 3 is 2.86 bits per heavy atom. The lowest BCUT2D eigenvalue weighted by Crippen LogP contribution is -2.20. The average molecular weight is 348 g/mol. The first-order valence-corrected chi connectivity index (χ1v) is 7.01. The van der Waals surface area contributed by atoms with E-state index in [9.17, 15) is 14.9 Å². The maximum absolute atomic E-state index is 11.6. The number of amides is 1. The molecule has 0 unspecified atom stereocenters. The summed E-state index contributed by atoms with van der Waals surface area (Å²) in [6, 6.07) is 4.59. The van der Waals surface area contributed by atoms with Crippen LogP contribution in [0.25, 0.3) is 0 Å². The van der Waals surface area contributed by atoms with Crippen molar-refractivity contribution >= 4 is 50.6 Å². The number of carbonyl (C=O) groups is 1. The summed E-state index contributed by atoms with van der Waals surface area (Å²) in [7, 11) is 0. The second-order valence-corrected chi connectivity index (χ2v) is 5.53. The van der Waals surface area contributed by atoms with Gasteiger partial charge in [-0.25, -0.2) is 4.98 Å². The lowest BCUT2D eigenvalue weighted by molar-refractivity contribution is -0.380. The Kier molecular flexibility index (Phi) is 4.94. The van der Waals surface area contributed by atoms with Gasteiger partial charge in [0.2, 0.25) is 0 Å². The minimum atomic E-state index is -0.586. The van der Waals surface area contributed by atoms with Crippen LogP contribution in [-0.2, 0) is 4.79 Å². The van der Waals surface area contributed by atoms with Crippen molar-refractivity contribution in [2.24, 2.45) is 0 Å². The van der Waals surface area contributed by atoms with Crippen LogP contribution in [-0.4, -0.2) is 22.4 Å². The highest BCUT2D eigenvalue weighted by Gasteiger charge is 2.14. The lowest BCUT2D eigenvalue weighted by Gasteiger charge is -2.07. The van der Waals surface area contributed by atoms with Gasteiger partial charge in [-0.3, -0.25) is 20.2 Å². The van der Waals surface area contributed by atoms with Crippen LogP contribution in [0.1, 0.15) is 0 Å². The molecule has 0 aliphatic carbocycles. The van der Waals surface area contributed by atoms with Crippen molar-refractivity contribution in [3.63, 3.8) is 0 Å². The van der Waals surface area contributed by atoms with Gasteiger partial charge < -0.3 is 4.74 Å². The number of nitro groups is 1. The van der Waals surface area contributed by atoms with Crippen molar-refractivity contribution in [3.8, 4) is 5.75 Å². The quantitative estimate of drug-likeness (QED) is 0.660. The van der Waals surface area contributed by atoms with E-state index in [1.807, 2.05) is 0 Å². The number of hydrogen-bond donors (Lipinski definition) is 1. The molecule has 1 N–H and O–H groups in total. The highest BCUT2D eigenvalue weighted by Crippen LogP contribution is 2.28. The van der Waals surface area contributed by atoms with Crippen LogP contribution in [0.4, 0.5) is 10.1 Å². The Labute approximate surface area is 132 Å². The van der Waals surface area contributed by atoms with Crippen LogP contribution in [0.2, 0.25) is 10.0 Å². The predicted molar refractivity (Wildman–Crippen MR) is 79.4 cm³/mol. The molecule has 1 amide bonds. The highest BCUT2D eigenvalue weighted by molar-refractivity contribution is 7.18. The number of hydrogen-bond acceptors (Lipinski definition) is 6. The summed E-state index contributed by atoms with van der Waals surface area (Å²) in [5.74, 6) is -0.202. The number of rotatable bonds is 5. The van der Waals surface area contributed by atoms with E-state index >= 15 is 0 Å². The maximum Gasteiger partial charge on any atom is 0.345 e. The number of benzene rings is 1. The van der Waals surface area contributed by atoms with Crippen molar-refractivity contribution in [2.75, 3.05) is 11.9 Å². The monoisotopic (exact) mass is 347 g/mol. The molecule has 1 aromatic heterocycles. The molecule has 0 atom stereocenters. The molecule has 21 heavy (non-hydrogen) atoms. The highest BCUT2D eigenvalue weighted by atomic mass is 35.5. The number of nitrogens with zero attached hydrogens (tertiary/aromatic N) is 2. The minimum absolute atomic E-state index is 0.123. The van der Waals surface area contributed by atoms with Crippen LogP contribution in [0.15, 0.2) is 24.4 Å². The zero-order chi connectivity index (χ0) is 15.4. The van der Waals surface area contributed by atoms with Gasteiger partial charge in [-0.1, -0.05) is 23.2 Å². The third-order valence-electron chi connectivity index (χ3n) is 2.17. The summed E-state index contributed by atoms with van der Waals surface area (Å²) < 4.78 is 5.22. The second-order valence-electron chi connectivity index (χ2n) is 3.67. The van der Waals surface area contributed by atoms with Crippen molar-refractivity contribution < 1.29 is 14.5 Å². The van der Waals surface area contributed by atoms with E-state index in [1.54, 1.807) is 6.07 Å². The zero-order valence-electron chi connectivity index (χ0n) is 10.2. The first-order valence-electron chi connectivity index (χ1n) is 5.43. The van der Waals surface area contributed by atoms with E-state index in [-0.39, 0.29) is 21.8 Å². The van der Waals surface area contributed by atoms with Crippen molar-refractivity contribution in [2.45, 2.75) is 0 Å². The molecule has 7 nitrogen and oxygen atoms in total. The molecule has 0 saturated heterocycles. The molecule has 0 radical (unpaired) electrons. The third kappa shape index (κ3) is 4.28. The minimum Gasteiger partial charge on any atom is -0.482 e. The number of carbonyl (C=O) groups excluding carboxylic acids is 1. The van der Waals surface area contributed by atoms with Gasteiger partial charge in [0, 0.05) is 5.02 Å². The summed E-state index contributed by atoms with van der Waals surface area (Å²) in [5, 5.41) is 13.6. The molecule has 110 valence electrons. The maximum atomic E-state index is 11.6. The van der Waals surface area contributed by atoms with E-state index in [1.165, 1.54) is 12.1 Å². The molecule has 1 aromatic carbocycles. The molecular weight excluding hydrogens is 341 g/mol. The van der Waals surface area contributed by atoms with Crippen LogP contribution in [0, 0.1) is 10.1 Å². The van der Waals surface area contributed by atoms with Crippen LogP contribution in [0.3, 0.4) is 0 Å². The number of thiazole rings is 1. The molecule has 0 aliphatic heterocycles. The summed E-state index contributed by atoms with van der Waals surface area (Å²) in [5.41, 5.74) is 0. The molecule has 0 bridgehead atoms. The van der Waals surface area contributed by atoms with Gasteiger partial charge in [0.25, 0.3) is 5.91 Å². The molecule has 0 spiro atoms. The normalized spacial score (nSPS) is 10.2. The fourth-order valence-electron chi connectivity index (χ4n) is 1.30. The number of nitrogens with one attached hydrogen (secondary N) is 1. The smallest absolute Gasteiger partial charge is 0.345 e. The van der Waals surface area contributed by atoms with Crippen molar-refractivity contribution in [1.29, 1.82) is 0 Å². The number of anilines is 1. The molecule has 0 fully saturated rings. The molecule has 1 heterocycles. The Balaban J connectivity index is 1.91. The molecule has 2 aromatic rings. The predicted octanol–water partition coefficient (Wildman–Crippen LogP) is 3.38. The van der Waals surface area contributed by atoms with Crippen LogP contribution < -0.4 is 10.1 Å². The first-order chi connectivity index (χ1) is 9.95. The van der Waals surface area contributed by atoms with E-state index < -0.39 is 10.8 Å². The van der Waals surface area contributed by atoms with E-state index in [4.69, 9.17) is 27.9 Å². The third-order valence-corrected chi connectivity index (χ3v) is 3.57. The van der Waals surface area contributed by atoms with E-state index in [0.717, 1.165) is 17.5 Å². The molecular formula is C11H7Cl2N3O4S. The van der Waals surface area contributed by atoms with Gasteiger partial charge in [-0.15, -0.1) is 0 Å². The fraction of sp³-hybridized carbons (Fsp3) is 0.0909.